The average molecular weight is 296 g/mol. The summed E-state index contributed by atoms with van der Waals surface area (Å²) < 4.78 is 14.8. The predicted molar refractivity (Wildman–Crippen MR) is 75.5 cm³/mol. The Morgan fingerprint density at radius 1 is 1.16 bits per heavy atom. The summed E-state index contributed by atoms with van der Waals surface area (Å²) in [4.78, 5) is 4.12. The van der Waals surface area contributed by atoms with Gasteiger partial charge in [-0.15, -0.1) is 0 Å². The van der Waals surface area contributed by atoms with Crippen molar-refractivity contribution in [3.8, 4) is 5.69 Å². The van der Waals surface area contributed by atoms with Gasteiger partial charge in [-0.3, -0.25) is 4.57 Å². The van der Waals surface area contributed by atoms with Crippen LogP contribution in [0.25, 0.3) is 16.7 Å². The van der Waals surface area contributed by atoms with E-state index in [-0.39, 0.29) is 11.8 Å². The van der Waals surface area contributed by atoms with Crippen molar-refractivity contribution in [1.29, 1.82) is 0 Å². The number of aromatic nitrogens is 2. The maximum Gasteiger partial charge on any atom is 0.205 e. The standard InChI is InChI=1S/C13H8Cl2FN3/c14-8-2-1-3-11(12(8)15)19-10-5-4-7(16)6-9(10)18-13(19)17/h1-6H,(H2,17,18). The lowest BCUT2D eigenvalue weighted by Gasteiger charge is -2.09. The summed E-state index contributed by atoms with van der Waals surface area (Å²) in [5, 5.41) is 0.794. The lowest BCUT2D eigenvalue weighted by Crippen LogP contribution is -2.01. The Morgan fingerprint density at radius 3 is 2.74 bits per heavy atom. The molecule has 0 atom stereocenters. The van der Waals surface area contributed by atoms with Crippen LogP contribution < -0.4 is 5.73 Å². The molecule has 1 heterocycles. The van der Waals surface area contributed by atoms with Crippen LogP contribution in [0.5, 0.6) is 0 Å². The molecular weight excluding hydrogens is 288 g/mol. The molecule has 19 heavy (non-hydrogen) atoms. The van der Waals surface area contributed by atoms with Gasteiger partial charge in [0.2, 0.25) is 5.95 Å². The van der Waals surface area contributed by atoms with Crippen molar-refractivity contribution in [2.24, 2.45) is 0 Å². The first-order valence-corrected chi connectivity index (χ1v) is 6.21. The molecule has 0 amide bonds. The van der Waals surface area contributed by atoms with Crippen LogP contribution in [-0.4, -0.2) is 9.55 Å². The number of nitrogens with zero attached hydrogens (tertiary/aromatic N) is 2. The van der Waals surface area contributed by atoms with Crippen LogP contribution in [-0.2, 0) is 0 Å². The zero-order valence-electron chi connectivity index (χ0n) is 9.57. The SMILES string of the molecule is Nc1nc2cc(F)ccc2n1-c1cccc(Cl)c1Cl. The van der Waals surface area contributed by atoms with Crippen LogP contribution in [0, 0.1) is 5.82 Å². The molecule has 2 aromatic carbocycles. The fourth-order valence-electron chi connectivity index (χ4n) is 1.99. The second-order valence-electron chi connectivity index (χ2n) is 4.01. The van der Waals surface area contributed by atoms with Crippen molar-refractivity contribution in [3.05, 3.63) is 52.3 Å². The molecular formula is C13H8Cl2FN3. The molecule has 0 radical (unpaired) electrons. The van der Waals surface area contributed by atoms with E-state index in [1.807, 2.05) is 0 Å². The van der Waals surface area contributed by atoms with Crippen molar-refractivity contribution in [3.63, 3.8) is 0 Å². The van der Waals surface area contributed by atoms with Crippen molar-refractivity contribution in [2.75, 3.05) is 5.73 Å². The molecule has 3 aromatic rings. The van der Waals surface area contributed by atoms with Crippen LogP contribution in [0.4, 0.5) is 10.3 Å². The Balaban J connectivity index is 2.36. The van der Waals surface area contributed by atoms with Crippen molar-refractivity contribution < 1.29 is 4.39 Å². The van der Waals surface area contributed by atoms with E-state index >= 15 is 0 Å². The zero-order chi connectivity index (χ0) is 13.6. The van der Waals surface area contributed by atoms with E-state index in [9.17, 15) is 4.39 Å². The van der Waals surface area contributed by atoms with E-state index in [4.69, 9.17) is 28.9 Å². The minimum absolute atomic E-state index is 0.227. The highest BCUT2D eigenvalue weighted by molar-refractivity contribution is 6.43. The van der Waals surface area contributed by atoms with E-state index in [0.717, 1.165) is 0 Å². The Morgan fingerprint density at radius 2 is 1.95 bits per heavy atom. The van der Waals surface area contributed by atoms with Gasteiger partial charge in [0.15, 0.2) is 0 Å². The number of benzene rings is 2. The van der Waals surface area contributed by atoms with Gasteiger partial charge in [-0.25, -0.2) is 9.37 Å². The van der Waals surface area contributed by atoms with Crippen LogP contribution in [0.15, 0.2) is 36.4 Å². The average Bonchev–Trinajstić information content (AvgIpc) is 2.68. The number of rotatable bonds is 1. The Labute approximate surface area is 118 Å². The smallest absolute Gasteiger partial charge is 0.205 e. The quantitative estimate of drug-likeness (QED) is 0.736. The van der Waals surface area contributed by atoms with Gasteiger partial charge in [-0.2, -0.15) is 0 Å². The fourth-order valence-corrected chi connectivity index (χ4v) is 2.37. The molecule has 0 unspecified atom stereocenters. The van der Waals surface area contributed by atoms with Gasteiger partial charge in [0.05, 0.1) is 26.8 Å². The molecule has 6 heteroatoms. The van der Waals surface area contributed by atoms with E-state index in [0.29, 0.717) is 26.8 Å². The summed E-state index contributed by atoms with van der Waals surface area (Å²) in [5.41, 5.74) is 7.63. The maximum atomic E-state index is 13.2. The maximum absolute atomic E-state index is 13.2. The second kappa shape index (κ2) is 4.40. The number of anilines is 1. The van der Waals surface area contributed by atoms with Crippen molar-refractivity contribution in [2.45, 2.75) is 0 Å². The molecule has 2 N–H and O–H groups in total. The number of nitrogens with two attached hydrogens (primary N) is 1. The molecule has 1 aromatic heterocycles. The third kappa shape index (κ3) is 1.93. The molecule has 3 nitrogen and oxygen atoms in total. The van der Waals surface area contributed by atoms with Crippen LogP contribution in [0.3, 0.4) is 0 Å². The summed E-state index contributed by atoms with van der Waals surface area (Å²) in [5.74, 6) is -0.140. The van der Waals surface area contributed by atoms with Crippen LogP contribution in [0.2, 0.25) is 10.0 Å². The van der Waals surface area contributed by atoms with Gasteiger partial charge in [0.25, 0.3) is 0 Å². The number of fused-ring (bicyclic) bond motifs is 1. The molecule has 0 bridgehead atoms. The first-order valence-electron chi connectivity index (χ1n) is 5.46. The van der Waals surface area contributed by atoms with Crippen LogP contribution >= 0.6 is 23.2 Å². The van der Waals surface area contributed by atoms with E-state index in [1.54, 1.807) is 28.8 Å². The molecule has 96 valence electrons. The zero-order valence-corrected chi connectivity index (χ0v) is 11.1. The minimum Gasteiger partial charge on any atom is -0.369 e. The molecule has 0 fully saturated rings. The van der Waals surface area contributed by atoms with Gasteiger partial charge < -0.3 is 5.73 Å². The predicted octanol–water partition coefficient (Wildman–Crippen LogP) is 4.05. The first kappa shape index (κ1) is 12.3. The summed E-state index contributed by atoms with van der Waals surface area (Å²) in [6.07, 6.45) is 0. The molecule has 0 spiro atoms. The Hall–Kier alpha value is -1.78. The minimum atomic E-state index is -0.366. The lowest BCUT2D eigenvalue weighted by atomic mass is 10.2. The monoisotopic (exact) mass is 295 g/mol. The Bertz CT molecular complexity index is 783. The third-order valence-corrected chi connectivity index (χ3v) is 3.62. The largest absolute Gasteiger partial charge is 0.369 e. The number of hydrogen-bond donors (Lipinski definition) is 1. The normalized spacial score (nSPS) is 11.1. The number of halogens is 3. The fraction of sp³-hybridized carbons (Fsp3) is 0. The van der Waals surface area contributed by atoms with E-state index < -0.39 is 0 Å². The first-order chi connectivity index (χ1) is 9.08. The summed E-state index contributed by atoms with van der Waals surface area (Å²) >= 11 is 12.2. The lowest BCUT2D eigenvalue weighted by molar-refractivity contribution is 0.629. The highest BCUT2D eigenvalue weighted by atomic mass is 35.5. The molecule has 0 aliphatic carbocycles. The van der Waals surface area contributed by atoms with E-state index in [1.165, 1.54) is 12.1 Å². The molecule has 0 aliphatic rings. The Kier molecular flexibility index (Phi) is 2.84. The molecule has 0 aliphatic heterocycles. The van der Waals surface area contributed by atoms with Gasteiger partial charge in [-0.1, -0.05) is 29.3 Å². The van der Waals surface area contributed by atoms with Gasteiger partial charge in [0.1, 0.15) is 5.82 Å². The van der Waals surface area contributed by atoms with Crippen molar-refractivity contribution >= 4 is 40.2 Å². The molecule has 0 saturated heterocycles. The summed E-state index contributed by atoms with van der Waals surface area (Å²) in [7, 11) is 0. The van der Waals surface area contributed by atoms with E-state index in [2.05, 4.69) is 4.98 Å². The highest BCUT2D eigenvalue weighted by Gasteiger charge is 2.14. The third-order valence-electron chi connectivity index (χ3n) is 2.81. The van der Waals surface area contributed by atoms with Crippen molar-refractivity contribution in [1.82, 2.24) is 9.55 Å². The summed E-state index contributed by atoms with van der Waals surface area (Å²) in [6.45, 7) is 0. The highest BCUT2D eigenvalue weighted by Crippen LogP contribution is 2.32. The summed E-state index contributed by atoms with van der Waals surface area (Å²) in [6, 6.07) is 9.49. The van der Waals surface area contributed by atoms with Gasteiger partial charge >= 0.3 is 0 Å². The molecule has 3 rings (SSSR count). The van der Waals surface area contributed by atoms with Crippen LogP contribution in [0.1, 0.15) is 0 Å². The number of imidazole rings is 1. The van der Waals surface area contributed by atoms with Gasteiger partial charge in [0, 0.05) is 6.07 Å². The topological polar surface area (TPSA) is 43.8 Å². The second-order valence-corrected chi connectivity index (χ2v) is 4.80. The molecule has 0 saturated carbocycles. The van der Waals surface area contributed by atoms with Gasteiger partial charge in [-0.05, 0) is 24.3 Å². The number of hydrogen-bond acceptors (Lipinski definition) is 2. The number of nitrogen functional groups attached to an aromatic ring is 1.